The molecule has 0 saturated heterocycles. The molecule has 0 nitrogen and oxygen atoms in total. The van der Waals surface area contributed by atoms with Gasteiger partial charge in [-0.3, -0.25) is 0 Å². The predicted octanol–water partition coefficient (Wildman–Crippen LogP) is 3.44. The Labute approximate surface area is 81.0 Å². The molecule has 1 aliphatic rings. The first-order chi connectivity index (χ1) is 6.00. The van der Waals surface area contributed by atoms with Gasteiger partial charge in [-0.2, -0.15) is 0 Å². The van der Waals surface area contributed by atoms with Crippen molar-refractivity contribution in [2.75, 3.05) is 0 Å². The zero-order valence-corrected chi connectivity index (χ0v) is 8.94. The van der Waals surface area contributed by atoms with Gasteiger partial charge in [0.25, 0.3) is 0 Å². The lowest BCUT2D eigenvalue weighted by atomic mass is 9.70. The van der Waals surface area contributed by atoms with Crippen molar-refractivity contribution in [2.24, 2.45) is 0 Å². The smallest absolute Gasteiger partial charge is 0.0129 e. The summed E-state index contributed by atoms with van der Waals surface area (Å²) in [4.78, 5) is 0. The molecule has 2 rings (SSSR count). The van der Waals surface area contributed by atoms with Gasteiger partial charge in [0.15, 0.2) is 0 Å². The van der Waals surface area contributed by atoms with Crippen molar-refractivity contribution >= 4 is 0 Å². The van der Waals surface area contributed by atoms with Gasteiger partial charge in [-0.1, -0.05) is 39.8 Å². The van der Waals surface area contributed by atoms with E-state index in [1.807, 2.05) is 0 Å². The Balaban J connectivity index is 2.54. The van der Waals surface area contributed by atoms with Gasteiger partial charge < -0.3 is 0 Å². The van der Waals surface area contributed by atoms with Crippen LogP contribution in [-0.2, 0) is 11.8 Å². The molecular formula is C13H17. The molecule has 0 aromatic heterocycles. The van der Waals surface area contributed by atoms with Crippen LogP contribution in [0.4, 0.5) is 0 Å². The van der Waals surface area contributed by atoms with Gasteiger partial charge in [0.1, 0.15) is 0 Å². The van der Waals surface area contributed by atoms with Gasteiger partial charge in [-0.15, -0.1) is 0 Å². The van der Waals surface area contributed by atoms with Gasteiger partial charge in [0.05, 0.1) is 0 Å². The Bertz CT molecular complexity index is 328. The summed E-state index contributed by atoms with van der Waals surface area (Å²) in [5.74, 6) is 0.752. The quantitative estimate of drug-likeness (QED) is 0.563. The summed E-state index contributed by atoms with van der Waals surface area (Å²) in [6.45, 7) is 9.17. The van der Waals surface area contributed by atoms with Crippen LogP contribution in [0.2, 0.25) is 0 Å². The van der Waals surface area contributed by atoms with E-state index in [9.17, 15) is 0 Å². The largest absolute Gasteiger partial charge is 0.0581 e. The van der Waals surface area contributed by atoms with Crippen LogP contribution in [0.1, 0.15) is 50.3 Å². The third kappa shape index (κ3) is 1.29. The topological polar surface area (TPSA) is 0 Å². The van der Waals surface area contributed by atoms with E-state index >= 15 is 0 Å². The molecule has 1 atom stereocenters. The minimum absolute atomic E-state index is 0.286. The van der Waals surface area contributed by atoms with Gasteiger partial charge in [-0.05, 0) is 40.5 Å². The van der Waals surface area contributed by atoms with E-state index in [2.05, 4.69) is 45.9 Å². The van der Waals surface area contributed by atoms with Crippen molar-refractivity contribution < 1.29 is 0 Å². The third-order valence-corrected chi connectivity index (χ3v) is 2.93. The molecule has 1 aromatic rings. The first kappa shape index (κ1) is 8.80. The molecule has 0 heterocycles. The van der Waals surface area contributed by atoms with Crippen LogP contribution in [0.3, 0.4) is 0 Å². The predicted molar refractivity (Wildman–Crippen MR) is 56.1 cm³/mol. The molecule has 0 N–H and O–H groups in total. The molecule has 13 heavy (non-hydrogen) atoms. The van der Waals surface area contributed by atoms with Crippen molar-refractivity contribution in [1.82, 2.24) is 0 Å². The average molecular weight is 173 g/mol. The number of benzene rings is 1. The standard InChI is InChI=1S/C13H17/c1-9-8-10-6-5-7-11(12(9)10)13(2,3)4/h5,7,9H,8H2,1-4H3. The molecule has 0 amide bonds. The highest BCUT2D eigenvalue weighted by Gasteiger charge is 2.29. The maximum Gasteiger partial charge on any atom is -0.0129 e. The van der Waals surface area contributed by atoms with Crippen LogP contribution >= 0.6 is 0 Å². The molecule has 1 unspecified atom stereocenters. The third-order valence-electron chi connectivity index (χ3n) is 2.93. The summed E-state index contributed by atoms with van der Waals surface area (Å²) in [6.07, 6.45) is 1.22. The van der Waals surface area contributed by atoms with E-state index in [1.54, 1.807) is 5.56 Å². The van der Waals surface area contributed by atoms with Crippen LogP contribution in [0.25, 0.3) is 0 Å². The van der Waals surface area contributed by atoms with E-state index in [0.29, 0.717) is 0 Å². The van der Waals surface area contributed by atoms with Gasteiger partial charge >= 0.3 is 0 Å². The molecule has 69 valence electrons. The maximum absolute atomic E-state index is 3.33. The summed E-state index contributed by atoms with van der Waals surface area (Å²) in [6, 6.07) is 7.63. The number of hydrogen-bond donors (Lipinski definition) is 0. The van der Waals surface area contributed by atoms with Crippen molar-refractivity contribution in [2.45, 2.75) is 45.4 Å². The Morgan fingerprint density at radius 1 is 1.38 bits per heavy atom. The highest BCUT2D eigenvalue weighted by molar-refractivity contribution is 5.47. The second-order valence-electron chi connectivity index (χ2n) is 5.14. The molecule has 0 bridgehead atoms. The van der Waals surface area contributed by atoms with Crippen molar-refractivity contribution in [1.29, 1.82) is 0 Å². The van der Waals surface area contributed by atoms with E-state index in [1.165, 1.54) is 17.5 Å². The van der Waals surface area contributed by atoms with Crippen molar-refractivity contribution in [3.05, 3.63) is 34.9 Å². The minimum atomic E-state index is 0.286. The first-order valence-corrected chi connectivity index (χ1v) is 5.04. The summed E-state index contributed by atoms with van der Waals surface area (Å²) >= 11 is 0. The van der Waals surface area contributed by atoms with Crippen LogP contribution in [-0.4, -0.2) is 0 Å². The Kier molecular flexibility index (Phi) is 1.76. The molecule has 1 radical (unpaired) electrons. The Morgan fingerprint density at radius 3 is 2.54 bits per heavy atom. The van der Waals surface area contributed by atoms with E-state index in [-0.39, 0.29) is 5.41 Å². The van der Waals surface area contributed by atoms with Crippen molar-refractivity contribution in [3.8, 4) is 0 Å². The molecule has 0 fully saturated rings. The SMILES string of the molecule is CC1Cc2[c]ccc(C(C)(C)C)c21. The van der Waals surface area contributed by atoms with Gasteiger partial charge in [0, 0.05) is 0 Å². The highest BCUT2D eigenvalue weighted by Crippen LogP contribution is 2.41. The lowest BCUT2D eigenvalue weighted by Gasteiger charge is -2.34. The first-order valence-electron chi connectivity index (χ1n) is 5.04. The molecule has 0 aliphatic heterocycles. The second-order valence-corrected chi connectivity index (χ2v) is 5.14. The summed E-state index contributed by atoms with van der Waals surface area (Å²) in [7, 11) is 0. The van der Waals surface area contributed by atoms with Crippen molar-refractivity contribution in [3.63, 3.8) is 0 Å². The van der Waals surface area contributed by atoms with Crippen LogP contribution in [0, 0.1) is 6.07 Å². The highest BCUT2D eigenvalue weighted by atomic mass is 14.3. The van der Waals surface area contributed by atoms with Gasteiger partial charge in [-0.25, -0.2) is 0 Å². The summed E-state index contributed by atoms with van der Waals surface area (Å²) in [5.41, 5.74) is 4.81. The van der Waals surface area contributed by atoms with E-state index in [0.717, 1.165) is 5.92 Å². The normalized spacial score (nSPS) is 20.8. The van der Waals surface area contributed by atoms with Crippen LogP contribution in [0.5, 0.6) is 0 Å². The van der Waals surface area contributed by atoms with E-state index in [4.69, 9.17) is 0 Å². The van der Waals surface area contributed by atoms with Gasteiger partial charge in [0.2, 0.25) is 0 Å². The van der Waals surface area contributed by atoms with Crippen LogP contribution in [0.15, 0.2) is 12.1 Å². The molecular weight excluding hydrogens is 156 g/mol. The average Bonchev–Trinajstić information content (AvgIpc) is 2.00. The van der Waals surface area contributed by atoms with E-state index < -0.39 is 0 Å². The summed E-state index contributed by atoms with van der Waals surface area (Å²) < 4.78 is 0. The molecule has 1 aliphatic carbocycles. The zero-order chi connectivity index (χ0) is 9.64. The molecule has 0 heteroatoms. The fraction of sp³-hybridized carbons (Fsp3) is 0.538. The lowest BCUT2D eigenvalue weighted by molar-refractivity contribution is 0.550. The fourth-order valence-electron chi connectivity index (χ4n) is 2.22. The number of rotatable bonds is 0. The summed E-state index contributed by atoms with van der Waals surface area (Å²) in [5, 5.41) is 0. The maximum atomic E-state index is 3.33. The molecule has 1 aromatic carbocycles. The Hall–Kier alpha value is -0.780. The minimum Gasteiger partial charge on any atom is -0.0581 e. The Morgan fingerprint density at radius 2 is 2.08 bits per heavy atom. The van der Waals surface area contributed by atoms with Crippen LogP contribution < -0.4 is 0 Å². The lowest BCUT2D eigenvalue weighted by Crippen LogP contribution is -2.23. The zero-order valence-electron chi connectivity index (χ0n) is 8.94. The monoisotopic (exact) mass is 173 g/mol. The number of hydrogen-bond acceptors (Lipinski definition) is 0. The molecule has 0 saturated carbocycles. The number of fused-ring (bicyclic) bond motifs is 1. The second kappa shape index (κ2) is 2.60. The fourth-order valence-corrected chi connectivity index (χ4v) is 2.22. The molecule has 0 spiro atoms.